The lowest BCUT2D eigenvalue weighted by atomic mass is 10.1. The summed E-state index contributed by atoms with van der Waals surface area (Å²) in [6.07, 6.45) is 2.94. The maximum Gasteiger partial charge on any atom is 0.337 e. The lowest BCUT2D eigenvalue weighted by Crippen LogP contribution is -1.98. The molecule has 0 bridgehead atoms. The van der Waals surface area contributed by atoms with Gasteiger partial charge in [-0.3, -0.25) is 9.97 Å². The van der Waals surface area contributed by atoms with E-state index in [0.29, 0.717) is 10.7 Å². The third kappa shape index (κ3) is 2.42. The Morgan fingerprint density at radius 1 is 1.29 bits per heavy atom. The number of hydrogen-bond donors (Lipinski definition) is 1. The van der Waals surface area contributed by atoms with Crippen molar-refractivity contribution in [3.8, 4) is 11.3 Å². The molecule has 0 aliphatic rings. The molecule has 0 unspecified atom stereocenters. The van der Waals surface area contributed by atoms with E-state index in [0.717, 1.165) is 11.3 Å². The average molecular weight is 249 g/mol. The summed E-state index contributed by atoms with van der Waals surface area (Å²) in [6, 6.07) is 5.07. The Morgan fingerprint density at radius 3 is 2.59 bits per heavy atom. The fourth-order valence-electron chi connectivity index (χ4n) is 1.38. The fourth-order valence-corrected chi connectivity index (χ4v) is 1.65. The highest BCUT2D eigenvalue weighted by atomic mass is 35.5. The quantitative estimate of drug-likeness (QED) is 0.888. The summed E-state index contributed by atoms with van der Waals surface area (Å²) in [5, 5.41) is 9.10. The Hall–Kier alpha value is -1.94. The van der Waals surface area contributed by atoms with Crippen molar-refractivity contribution in [1.29, 1.82) is 0 Å². The van der Waals surface area contributed by atoms with Crippen LogP contribution in [0.15, 0.2) is 30.6 Å². The van der Waals surface area contributed by atoms with E-state index in [-0.39, 0.29) is 5.56 Å². The molecule has 0 saturated carbocycles. The number of carboxylic acid groups (broad SMARTS) is 1. The van der Waals surface area contributed by atoms with Crippen LogP contribution in [0.5, 0.6) is 0 Å². The zero-order valence-electron chi connectivity index (χ0n) is 9.01. The number of hydrogen-bond acceptors (Lipinski definition) is 3. The molecule has 86 valence electrons. The first kappa shape index (κ1) is 11.5. The lowest BCUT2D eigenvalue weighted by molar-refractivity contribution is 0.0696. The molecule has 0 atom stereocenters. The number of carboxylic acids is 1. The maximum absolute atomic E-state index is 10.7. The van der Waals surface area contributed by atoms with Crippen LogP contribution in [-0.2, 0) is 0 Å². The first-order chi connectivity index (χ1) is 8.08. The maximum atomic E-state index is 10.7. The number of aryl methyl sites for hydroxylation is 1. The van der Waals surface area contributed by atoms with E-state index in [1.807, 2.05) is 19.1 Å². The van der Waals surface area contributed by atoms with Gasteiger partial charge < -0.3 is 5.11 Å². The molecule has 17 heavy (non-hydrogen) atoms. The minimum atomic E-state index is -1.05. The molecule has 2 aromatic rings. The molecule has 0 amide bonds. The van der Waals surface area contributed by atoms with Gasteiger partial charge in [0.15, 0.2) is 0 Å². The van der Waals surface area contributed by atoms with Crippen LogP contribution in [0.25, 0.3) is 11.3 Å². The molecule has 4 nitrogen and oxygen atoms in total. The molecule has 0 spiro atoms. The summed E-state index contributed by atoms with van der Waals surface area (Å²) in [7, 11) is 0. The van der Waals surface area contributed by atoms with Crippen molar-refractivity contribution in [2.24, 2.45) is 0 Å². The van der Waals surface area contributed by atoms with Gasteiger partial charge in [0, 0.05) is 23.7 Å². The van der Waals surface area contributed by atoms with Crippen molar-refractivity contribution in [3.63, 3.8) is 0 Å². The first-order valence-electron chi connectivity index (χ1n) is 4.90. The van der Waals surface area contributed by atoms with Crippen molar-refractivity contribution in [1.82, 2.24) is 9.97 Å². The number of nitrogens with zero attached hydrogens (tertiary/aromatic N) is 2. The third-order valence-corrected chi connectivity index (χ3v) is 2.56. The minimum Gasteiger partial charge on any atom is -0.478 e. The standard InChI is InChI=1S/C12H9ClN2O2/c1-7-2-3-8(5-14-7)11-10(13)4-9(6-15-11)12(16)17/h2-6H,1H3,(H,16,17). The van der Waals surface area contributed by atoms with Gasteiger partial charge in [-0.25, -0.2) is 4.79 Å². The minimum absolute atomic E-state index is 0.0684. The largest absolute Gasteiger partial charge is 0.478 e. The van der Waals surface area contributed by atoms with Gasteiger partial charge in [-0.2, -0.15) is 0 Å². The molecule has 0 aliphatic heterocycles. The molecule has 2 heterocycles. The predicted molar refractivity (Wildman–Crippen MR) is 64.2 cm³/mol. The second kappa shape index (κ2) is 4.51. The molecule has 2 rings (SSSR count). The zero-order valence-corrected chi connectivity index (χ0v) is 9.77. The van der Waals surface area contributed by atoms with Gasteiger partial charge in [0.1, 0.15) is 0 Å². The highest BCUT2D eigenvalue weighted by Gasteiger charge is 2.10. The first-order valence-corrected chi connectivity index (χ1v) is 5.27. The van der Waals surface area contributed by atoms with E-state index in [9.17, 15) is 4.79 Å². The monoisotopic (exact) mass is 248 g/mol. The van der Waals surface area contributed by atoms with Crippen molar-refractivity contribution >= 4 is 17.6 Å². The second-order valence-corrected chi connectivity index (χ2v) is 3.96. The van der Waals surface area contributed by atoms with Crippen molar-refractivity contribution in [3.05, 3.63) is 46.9 Å². The van der Waals surface area contributed by atoms with E-state index in [2.05, 4.69) is 9.97 Å². The highest BCUT2D eigenvalue weighted by molar-refractivity contribution is 6.33. The Morgan fingerprint density at radius 2 is 2.06 bits per heavy atom. The molecule has 0 fully saturated rings. The van der Waals surface area contributed by atoms with E-state index in [1.54, 1.807) is 6.20 Å². The van der Waals surface area contributed by atoms with Crippen molar-refractivity contribution in [2.45, 2.75) is 6.92 Å². The number of halogens is 1. The normalized spacial score (nSPS) is 10.2. The number of aromatic carboxylic acids is 1. The summed E-state index contributed by atoms with van der Waals surface area (Å²) >= 11 is 5.99. The Labute approximate surface area is 103 Å². The van der Waals surface area contributed by atoms with Crippen molar-refractivity contribution in [2.75, 3.05) is 0 Å². The number of rotatable bonds is 2. The van der Waals surface area contributed by atoms with Gasteiger partial charge in [-0.05, 0) is 25.1 Å². The molecule has 5 heteroatoms. The summed E-state index contributed by atoms with van der Waals surface area (Å²) in [5.74, 6) is -1.05. The Bertz CT molecular complexity index is 567. The van der Waals surface area contributed by atoms with Gasteiger partial charge in [0.2, 0.25) is 0 Å². The summed E-state index contributed by atoms with van der Waals surface area (Å²) in [5.41, 5.74) is 2.26. The van der Waals surface area contributed by atoms with Crippen LogP contribution >= 0.6 is 11.6 Å². The highest BCUT2D eigenvalue weighted by Crippen LogP contribution is 2.25. The summed E-state index contributed by atoms with van der Waals surface area (Å²) < 4.78 is 0. The number of aromatic nitrogens is 2. The summed E-state index contributed by atoms with van der Waals surface area (Å²) in [4.78, 5) is 18.9. The molecule has 0 aliphatic carbocycles. The molecule has 2 aromatic heterocycles. The fraction of sp³-hybridized carbons (Fsp3) is 0.0833. The van der Waals surface area contributed by atoms with Gasteiger partial charge >= 0.3 is 5.97 Å². The van der Waals surface area contributed by atoms with E-state index >= 15 is 0 Å². The molecular formula is C12H9ClN2O2. The Balaban J connectivity index is 2.46. The van der Waals surface area contributed by atoms with Crippen LogP contribution in [0.1, 0.15) is 16.1 Å². The second-order valence-electron chi connectivity index (χ2n) is 3.55. The van der Waals surface area contributed by atoms with E-state index in [1.165, 1.54) is 12.3 Å². The molecule has 0 radical (unpaired) electrons. The van der Waals surface area contributed by atoms with Gasteiger partial charge in [-0.1, -0.05) is 11.6 Å². The SMILES string of the molecule is Cc1ccc(-c2ncc(C(=O)O)cc2Cl)cn1. The van der Waals surface area contributed by atoms with Crippen LogP contribution < -0.4 is 0 Å². The molecule has 1 N–H and O–H groups in total. The lowest BCUT2D eigenvalue weighted by Gasteiger charge is -2.04. The van der Waals surface area contributed by atoms with Gasteiger partial charge in [0.05, 0.1) is 16.3 Å². The average Bonchev–Trinajstić information content (AvgIpc) is 2.30. The predicted octanol–water partition coefficient (Wildman–Crippen LogP) is 2.80. The Kier molecular flexibility index (Phi) is 3.06. The van der Waals surface area contributed by atoms with E-state index < -0.39 is 5.97 Å². The van der Waals surface area contributed by atoms with Crippen LogP contribution in [-0.4, -0.2) is 21.0 Å². The van der Waals surface area contributed by atoms with Crippen LogP contribution in [0.4, 0.5) is 0 Å². The topological polar surface area (TPSA) is 63.1 Å². The number of carbonyl (C=O) groups is 1. The molecule has 0 aromatic carbocycles. The van der Waals surface area contributed by atoms with Crippen LogP contribution in [0.3, 0.4) is 0 Å². The van der Waals surface area contributed by atoms with E-state index in [4.69, 9.17) is 16.7 Å². The smallest absolute Gasteiger partial charge is 0.337 e. The van der Waals surface area contributed by atoms with Crippen molar-refractivity contribution < 1.29 is 9.90 Å². The third-order valence-electron chi connectivity index (χ3n) is 2.27. The van der Waals surface area contributed by atoms with Crippen LogP contribution in [0, 0.1) is 6.92 Å². The van der Waals surface area contributed by atoms with Crippen LogP contribution in [0.2, 0.25) is 5.02 Å². The zero-order chi connectivity index (χ0) is 12.4. The number of pyridine rings is 2. The molecular weight excluding hydrogens is 240 g/mol. The molecule has 0 saturated heterocycles. The van der Waals surface area contributed by atoms with Gasteiger partial charge in [-0.15, -0.1) is 0 Å². The van der Waals surface area contributed by atoms with Gasteiger partial charge in [0.25, 0.3) is 0 Å². The summed E-state index contributed by atoms with van der Waals surface area (Å²) in [6.45, 7) is 1.88.